The molecule has 60 heavy (non-hydrogen) atoms. The van der Waals surface area contributed by atoms with Crippen LogP contribution in [0.1, 0.15) is 80.1 Å². The molecule has 0 aromatic carbocycles. The van der Waals surface area contributed by atoms with Crippen molar-refractivity contribution in [3.05, 3.63) is 48.2 Å². The van der Waals surface area contributed by atoms with Gasteiger partial charge in [0.25, 0.3) is 0 Å². The molecule has 3 aliphatic rings. The van der Waals surface area contributed by atoms with E-state index in [-0.39, 0.29) is 42.4 Å². The summed E-state index contributed by atoms with van der Waals surface area (Å²) in [6, 6.07) is 0. The van der Waals surface area contributed by atoms with E-state index in [1.54, 1.807) is 67.9 Å². The average Bonchev–Trinajstić information content (AvgIpc) is 4.05. The summed E-state index contributed by atoms with van der Waals surface area (Å²) in [7, 11) is 9.65. The van der Waals surface area contributed by atoms with Crippen LogP contribution in [0.3, 0.4) is 0 Å². The van der Waals surface area contributed by atoms with Gasteiger partial charge in [0.1, 0.15) is 17.5 Å². The molecule has 3 rings (SSSR count). The summed E-state index contributed by atoms with van der Waals surface area (Å²) in [5.41, 5.74) is -0.141. The lowest BCUT2D eigenvalue weighted by atomic mass is 9.78. The van der Waals surface area contributed by atoms with E-state index < -0.39 is 72.1 Å². The lowest BCUT2D eigenvalue weighted by Crippen LogP contribution is -2.50. The number of allylic oxidation sites excluding steroid dienone is 2. The van der Waals surface area contributed by atoms with Gasteiger partial charge in [-0.05, 0) is 25.7 Å². The smallest absolute Gasteiger partial charge is 0.331 e. The molecule has 14 nitrogen and oxygen atoms in total. The van der Waals surface area contributed by atoms with Crippen molar-refractivity contribution in [1.29, 1.82) is 0 Å². The van der Waals surface area contributed by atoms with Crippen LogP contribution in [0.5, 0.6) is 0 Å². The third kappa shape index (κ3) is 14.1. The predicted octanol–water partition coefficient (Wildman–Crippen LogP) is 5.00. The first-order valence-corrected chi connectivity index (χ1v) is 21.4. The molecular formula is C46H75NO13. The highest BCUT2D eigenvalue weighted by Gasteiger charge is 2.59. The van der Waals surface area contributed by atoms with Crippen molar-refractivity contribution in [2.24, 2.45) is 29.6 Å². The van der Waals surface area contributed by atoms with E-state index in [1.807, 2.05) is 46.8 Å². The van der Waals surface area contributed by atoms with E-state index in [4.69, 9.17) is 37.9 Å². The van der Waals surface area contributed by atoms with Gasteiger partial charge in [-0.1, -0.05) is 70.6 Å². The Hall–Kier alpha value is -2.79. The molecule has 0 aromatic rings. The summed E-state index contributed by atoms with van der Waals surface area (Å²) in [4.78, 5) is 39.5. The maximum absolute atomic E-state index is 13.6. The zero-order chi connectivity index (χ0) is 44.7. The summed E-state index contributed by atoms with van der Waals surface area (Å²) in [5, 5.41) is 23.0. The van der Waals surface area contributed by atoms with E-state index in [0.717, 1.165) is 0 Å². The molecule has 2 bridgehead atoms. The Labute approximate surface area is 358 Å². The minimum Gasteiger partial charge on any atom is -0.458 e. The zero-order valence-corrected chi connectivity index (χ0v) is 38.1. The van der Waals surface area contributed by atoms with Gasteiger partial charge in [0, 0.05) is 104 Å². The molecule has 0 aromatic heterocycles. The number of carbonyl (C=O) groups is 3. The van der Waals surface area contributed by atoms with Crippen LogP contribution in [0.15, 0.2) is 48.2 Å². The Morgan fingerprint density at radius 2 is 1.65 bits per heavy atom. The maximum atomic E-state index is 13.6. The first-order chi connectivity index (χ1) is 28.5. The lowest BCUT2D eigenvalue weighted by Gasteiger charge is -2.39. The number of nitrogens with zero attached hydrogens (tertiary/aromatic N) is 1. The van der Waals surface area contributed by atoms with Crippen LogP contribution in [0, 0.1) is 29.6 Å². The predicted molar refractivity (Wildman–Crippen MR) is 227 cm³/mol. The Bertz CT molecular complexity index is 1460. The van der Waals surface area contributed by atoms with E-state index in [2.05, 4.69) is 6.08 Å². The summed E-state index contributed by atoms with van der Waals surface area (Å²) in [6.45, 7) is 11.6. The first-order valence-electron chi connectivity index (χ1n) is 21.4. The monoisotopic (exact) mass is 850 g/mol. The Morgan fingerprint density at radius 1 is 1.00 bits per heavy atom. The van der Waals surface area contributed by atoms with E-state index in [9.17, 15) is 24.6 Å². The Kier molecular flexibility index (Phi) is 21.3. The summed E-state index contributed by atoms with van der Waals surface area (Å²) < 4.78 is 48.7. The van der Waals surface area contributed by atoms with E-state index >= 15 is 0 Å². The van der Waals surface area contributed by atoms with Crippen molar-refractivity contribution < 1.29 is 62.5 Å². The molecule has 3 heterocycles. The molecule has 3 aliphatic heterocycles. The molecule has 0 radical (unpaired) electrons. The molecule has 1 saturated heterocycles. The SMILES string of the molecule is CO[C@H]([C@H](C)/C=C/N(C)C=O)[C@@H](C)C(=O)CC[C@H](C)[C@H](O)[C@H](C)[C@H]1OC(=O)C=C/C(C)=C\[C@H](O)[C@H](OC)C[C@@H]2C=CC[C@@H](C[C@H](OC)[C@@]3(CO3)[C@@H](OC)C[C@@H](OC)[C@@H]1C)O2. The third-order valence-electron chi connectivity index (χ3n) is 13.0. The second-order valence-corrected chi connectivity index (χ2v) is 17.2. The number of carbonyl (C=O) groups excluding carboxylic acids is 3. The van der Waals surface area contributed by atoms with Gasteiger partial charge in [-0.2, -0.15) is 0 Å². The highest BCUT2D eigenvalue weighted by Crippen LogP contribution is 2.43. The van der Waals surface area contributed by atoms with Crippen molar-refractivity contribution in [3.63, 3.8) is 0 Å². The van der Waals surface area contributed by atoms with E-state index in [1.165, 1.54) is 11.0 Å². The van der Waals surface area contributed by atoms with Gasteiger partial charge >= 0.3 is 5.97 Å². The van der Waals surface area contributed by atoms with Crippen molar-refractivity contribution in [1.82, 2.24) is 4.90 Å². The lowest BCUT2D eigenvalue weighted by molar-refractivity contribution is -0.159. The van der Waals surface area contributed by atoms with Crippen molar-refractivity contribution in [2.45, 2.75) is 147 Å². The molecule has 14 heteroatoms. The number of hydrogen-bond donors (Lipinski definition) is 2. The average molecular weight is 850 g/mol. The fourth-order valence-electron chi connectivity index (χ4n) is 8.91. The number of ether oxygens (including phenoxy) is 8. The van der Waals surface area contributed by atoms with Gasteiger partial charge < -0.3 is 53.0 Å². The fraction of sp³-hybridized carbons (Fsp3) is 0.761. The Morgan fingerprint density at radius 3 is 2.23 bits per heavy atom. The zero-order valence-electron chi connectivity index (χ0n) is 38.1. The van der Waals surface area contributed by atoms with Crippen LogP contribution in [0.25, 0.3) is 0 Å². The number of aliphatic hydroxyl groups is 2. The largest absolute Gasteiger partial charge is 0.458 e. The number of ketones is 1. The molecular weight excluding hydrogens is 774 g/mol. The van der Waals surface area contributed by atoms with Gasteiger partial charge in [0.15, 0.2) is 0 Å². The number of methoxy groups -OCH3 is 5. The summed E-state index contributed by atoms with van der Waals surface area (Å²) in [6.07, 6.45) is 9.91. The number of aliphatic hydroxyl groups excluding tert-OH is 2. The third-order valence-corrected chi connectivity index (χ3v) is 13.0. The second-order valence-electron chi connectivity index (χ2n) is 17.2. The number of rotatable bonds is 17. The number of esters is 1. The highest BCUT2D eigenvalue weighted by molar-refractivity contribution is 5.82. The van der Waals surface area contributed by atoms with Gasteiger partial charge in [-0.25, -0.2) is 4.79 Å². The number of hydrogen-bond acceptors (Lipinski definition) is 13. The van der Waals surface area contributed by atoms with Crippen LogP contribution in [-0.4, -0.2) is 149 Å². The van der Waals surface area contributed by atoms with Crippen molar-refractivity contribution >= 4 is 18.2 Å². The fourth-order valence-corrected chi connectivity index (χ4v) is 8.91. The number of cyclic esters (lactones) is 1. The van der Waals surface area contributed by atoms with Crippen LogP contribution < -0.4 is 0 Å². The van der Waals surface area contributed by atoms with Crippen molar-refractivity contribution in [2.75, 3.05) is 49.2 Å². The molecule has 2 N–H and O–H groups in total. The Balaban J connectivity index is 1.90. The van der Waals surface area contributed by atoms with E-state index in [0.29, 0.717) is 50.7 Å². The van der Waals surface area contributed by atoms with Gasteiger partial charge in [-0.15, -0.1) is 0 Å². The number of epoxide rings is 1. The highest BCUT2D eigenvalue weighted by atomic mass is 16.6. The van der Waals surface area contributed by atoms with Crippen LogP contribution in [0.4, 0.5) is 0 Å². The van der Waals surface area contributed by atoms with Crippen LogP contribution in [0.2, 0.25) is 0 Å². The first kappa shape index (κ1) is 51.6. The number of fused-ring (bicyclic) bond motifs is 2. The molecule has 1 amide bonds. The standard InChI is InChI=1S/C46H75NO13/c1-28-16-19-42(51)60-45(33(6)43(52)29(2)17-18-36(49)31(4)44(57-12)30(3)20-21-47(7)27-48)32(5)38(53-8)25-41(56-11)46(26-58-46)40(55-10)24-35-15-13-14-34(59-35)23-39(54-9)37(50)22-28/h13-14,16,19-22,27,29-35,37-41,43-45,50,52H,15,17-18,23-26H2,1-12H3/b19-16?,21-20+,28-22-/t29-,30+,31-,32-,33-,34-,35-,37-,38+,39+,40-,41-,43-,44+,45-,46-/m0/s1. The maximum Gasteiger partial charge on any atom is 0.331 e. The second kappa shape index (κ2) is 24.7. The molecule has 0 saturated carbocycles. The van der Waals surface area contributed by atoms with Crippen molar-refractivity contribution in [3.8, 4) is 0 Å². The quantitative estimate of drug-likeness (QED) is 0.0869. The topological polar surface area (TPSA) is 172 Å². The molecule has 0 aliphatic carbocycles. The van der Waals surface area contributed by atoms with Gasteiger partial charge in [-0.3, -0.25) is 9.59 Å². The summed E-state index contributed by atoms with van der Waals surface area (Å²) in [5.74, 6) is -2.55. The normalized spacial score (nSPS) is 34.7. The minimum atomic E-state index is -0.978. The van der Waals surface area contributed by atoms with Crippen LogP contribution >= 0.6 is 0 Å². The number of amides is 1. The molecule has 0 unspecified atom stereocenters. The minimum absolute atomic E-state index is 0.00245. The molecule has 342 valence electrons. The van der Waals surface area contributed by atoms with Gasteiger partial charge in [0.2, 0.25) is 6.41 Å². The molecule has 16 atom stereocenters. The molecule has 1 spiro atoms. The summed E-state index contributed by atoms with van der Waals surface area (Å²) >= 11 is 0. The van der Waals surface area contributed by atoms with Crippen LogP contribution in [-0.2, 0) is 52.3 Å². The molecule has 1 fully saturated rings. The van der Waals surface area contributed by atoms with Gasteiger partial charge in [0.05, 0.1) is 61.5 Å². The number of Topliss-reactive ketones (excluding diaryl/α,β-unsaturated/α-hetero) is 1.